The molecule has 1 unspecified atom stereocenters. The zero-order valence-electron chi connectivity index (χ0n) is 11.3. The number of aliphatic hydroxyl groups is 1. The molecule has 0 radical (unpaired) electrons. The van der Waals surface area contributed by atoms with Crippen molar-refractivity contribution in [3.8, 4) is 0 Å². The van der Waals surface area contributed by atoms with Gasteiger partial charge in [0.05, 0.1) is 17.6 Å². The summed E-state index contributed by atoms with van der Waals surface area (Å²) < 4.78 is 4.75. The summed E-state index contributed by atoms with van der Waals surface area (Å²) in [6, 6.07) is 4.15. The quantitative estimate of drug-likeness (QED) is 0.439. The molecule has 8 nitrogen and oxygen atoms in total. The number of methoxy groups -OCH3 is 1. The molecule has 0 aromatic heterocycles. The number of nitrogens with zero attached hydrogens (tertiary/aromatic N) is 2. The first-order chi connectivity index (χ1) is 9.38. The number of nitro benzene ring substituents is 1. The van der Waals surface area contributed by atoms with Gasteiger partial charge in [-0.25, -0.2) is 0 Å². The lowest BCUT2D eigenvalue weighted by molar-refractivity contribution is -0.384. The first kappa shape index (κ1) is 15.9. The van der Waals surface area contributed by atoms with Gasteiger partial charge in [0, 0.05) is 20.7 Å². The molecule has 0 aliphatic carbocycles. The monoisotopic (exact) mass is 283 g/mol. The van der Waals surface area contributed by atoms with Crippen molar-refractivity contribution in [2.24, 2.45) is 0 Å². The number of para-hydroxylation sites is 1. The van der Waals surface area contributed by atoms with Gasteiger partial charge in [-0.3, -0.25) is 14.9 Å². The lowest BCUT2D eigenvalue weighted by atomic mass is 10.1. The fourth-order valence-electron chi connectivity index (χ4n) is 1.79. The number of aliphatic hydroxyl groups excluding tert-OH is 1. The van der Waals surface area contributed by atoms with E-state index in [-0.39, 0.29) is 24.4 Å². The molecule has 0 bridgehead atoms. The minimum Gasteiger partial charge on any atom is -0.393 e. The van der Waals surface area contributed by atoms with Crippen LogP contribution in [0.15, 0.2) is 18.2 Å². The number of nitro groups is 1. The molecule has 110 valence electrons. The number of rotatable bonds is 6. The number of carbonyl (C=O) groups excluding carboxylic acids is 1. The summed E-state index contributed by atoms with van der Waals surface area (Å²) in [6.07, 6.45) is -0.867. The highest BCUT2D eigenvalue weighted by atomic mass is 16.6. The van der Waals surface area contributed by atoms with Crippen molar-refractivity contribution in [2.45, 2.75) is 6.10 Å². The SMILES string of the molecule is COCC(O)CN(C)C(=O)c1cccc(N)c1[N+](=O)[O-]. The third kappa shape index (κ3) is 3.65. The van der Waals surface area contributed by atoms with Gasteiger partial charge < -0.3 is 20.5 Å². The normalized spacial score (nSPS) is 11.9. The Kier molecular flexibility index (Phi) is 5.42. The molecule has 0 aliphatic rings. The second-order valence-electron chi connectivity index (χ2n) is 4.30. The first-order valence-electron chi connectivity index (χ1n) is 5.83. The number of nitrogens with two attached hydrogens (primary N) is 1. The maximum Gasteiger partial charge on any atom is 0.304 e. The molecule has 0 spiro atoms. The number of carbonyl (C=O) groups is 1. The van der Waals surface area contributed by atoms with Gasteiger partial charge in [-0.05, 0) is 12.1 Å². The average molecular weight is 283 g/mol. The molecule has 0 aliphatic heterocycles. The van der Waals surface area contributed by atoms with E-state index >= 15 is 0 Å². The van der Waals surface area contributed by atoms with Crippen LogP contribution < -0.4 is 5.73 Å². The maximum atomic E-state index is 12.2. The lowest BCUT2D eigenvalue weighted by Gasteiger charge is -2.20. The number of ether oxygens (including phenoxy) is 1. The zero-order valence-corrected chi connectivity index (χ0v) is 11.3. The molecule has 1 aromatic carbocycles. The highest BCUT2D eigenvalue weighted by Crippen LogP contribution is 2.26. The van der Waals surface area contributed by atoms with Crippen molar-refractivity contribution >= 4 is 17.3 Å². The molecule has 0 saturated heterocycles. The van der Waals surface area contributed by atoms with E-state index in [0.29, 0.717) is 0 Å². The molecule has 20 heavy (non-hydrogen) atoms. The molecule has 1 rings (SSSR count). The van der Waals surface area contributed by atoms with E-state index in [1.54, 1.807) is 0 Å². The summed E-state index contributed by atoms with van der Waals surface area (Å²) in [5, 5.41) is 20.6. The summed E-state index contributed by atoms with van der Waals surface area (Å²) in [5.74, 6) is -0.584. The van der Waals surface area contributed by atoms with Crippen molar-refractivity contribution in [3.63, 3.8) is 0 Å². The highest BCUT2D eigenvalue weighted by molar-refractivity contribution is 6.00. The number of anilines is 1. The van der Waals surface area contributed by atoms with Crippen LogP contribution >= 0.6 is 0 Å². The number of amides is 1. The number of nitrogen functional groups attached to an aromatic ring is 1. The lowest BCUT2D eigenvalue weighted by Crippen LogP contribution is -2.36. The second-order valence-corrected chi connectivity index (χ2v) is 4.30. The molecule has 1 aromatic rings. The van der Waals surface area contributed by atoms with Crippen LogP contribution in [-0.4, -0.2) is 54.3 Å². The Labute approximate surface area is 115 Å². The van der Waals surface area contributed by atoms with Gasteiger partial charge in [0.2, 0.25) is 0 Å². The largest absolute Gasteiger partial charge is 0.393 e. The van der Waals surface area contributed by atoms with Crippen molar-refractivity contribution in [3.05, 3.63) is 33.9 Å². The van der Waals surface area contributed by atoms with Gasteiger partial charge in [0.1, 0.15) is 11.3 Å². The van der Waals surface area contributed by atoms with Crippen molar-refractivity contribution in [2.75, 3.05) is 33.0 Å². The summed E-state index contributed by atoms with van der Waals surface area (Å²) >= 11 is 0. The van der Waals surface area contributed by atoms with Crippen LogP contribution in [-0.2, 0) is 4.74 Å². The van der Waals surface area contributed by atoms with Gasteiger partial charge >= 0.3 is 5.69 Å². The average Bonchev–Trinajstić information content (AvgIpc) is 2.37. The molecule has 0 heterocycles. The third-order valence-corrected chi connectivity index (χ3v) is 2.67. The standard InChI is InChI=1S/C12H17N3O5/c1-14(6-8(16)7-20-2)12(17)9-4-3-5-10(13)11(9)15(18)19/h3-5,8,16H,6-7,13H2,1-2H3. The van der Waals surface area contributed by atoms with E-state index in [4.69, 9.17) is 10.5 Å². The van der Waals surface area contributed by atoms with Crippen LogP contribution in [0.2, 0.25) is 0 Å². The van der Waals surface area contributed by atoms with Crippen LogP contribution in [0.3, 0.4) is 0 Å². The predicted molar refractivity (Wildman–Crippen MR) is 72.4 cm³/mol. The molecule has 0 fully saturated rings. The van der Waals surface area contributed by atoms with E-state index in [2.05, 4.69) is 0 Å². The second kappa shape index (κ2) is 6.83. The van der Waals surface area contributed by atoms with Crippen molar-refractivity contribution in [1.82, 2.24) is 4.90 Å². The number of likely N-dealkylation sites (N-methyl/N-ethyl adjacent to an activating group) is 1. The van der Waals surface area contributed by atoms with Crippen LogP contribution in [0.5, 0.6) is 0 Å². The molecular formula is C12H17N3O5. The molecule has 1 atom stereocenters. The minimum absolute atomic E-state index is 0.00136. The topological polar surface area (TPSA) is 119 Å². The van der Waals surface area contributed by atoms with Crippen molar-refractivity contribution in [1.29, 1.82) is 0 Å². The minimum atomic E-state index is -0.867. The fraction of sp³-hybridized carbons (Fsp3) is 0.417. The van der Waals surface area contributed by atoms with E-state index in [9.17, 15) is 20.0 Å². The van der Waals surface area contributed by atoms with Gasteiger partial charge in [-0.1, -0.05) is 6.07 Å². The molecule has 8 heteroatoms. The number of hydrogen-bond donors (Lipinski definition) is 2. The third-order valence-electron chi connectivity index (χ3n) is 2.67. The molecule has 1 amide bonds. The Morgan fingerprint density at radius 1 is 1.60 bits per heavy atom. The summed E-state index contributed by atoms with van der Waals surface area (Å²) in [6.45, 7) is 0.0648. The Balaban J connectivity index is 2.97. The summed E-state index contributed by atoms with van der Waals surface area (Å²) in [4.78, 5) is 23.6. The number of benzene rings is 1. The van der Waals surface area contributed by atoms with Crippen LogP contribution in [0.1, 0.15) is 10.4 Å². The molecule has 0 saturated carbocycles. The highest BCUT2D eigenvalue weighted by Gasteiger charge is 2.26. The van der Waals surface area contributed by atoms with Crippen LogP contribution in [0, 0.1) is 10.1 Å². The molecule has 3 N–H and O–H groups in total. The Morgan fingerprint density at radius 2 is 2.25 bits per heavy atom. The fourth-order valence-corrected chi connectivity index (χ4v) is 1.79. The van der Waals surface area contributed by atoms with E-state index in [1.165, 1.54) is 37.3 Å². The van der Waals surface area contributed by atoms with Gasteiger partial charge in [-0.2, -0.15) is 0 Å². The Morgan fingerprint density at radius 3 is 2.80 bits per heavy atom. The maximum absolute atomic E-state index is 12.2. The number of hydrogen-bond acceptors (Lipinski definition) is 6. The predicted octanol–water partition coefficient (Wildman–Crippen LogP) is 0.256. The van der Waals surface area contributed by atoms with Crippen LogP contribution in [0.4, 0.5) is 11.4 Å². The smallest absolute Gasteiger partial charge is 0.304 e. The van der Waals surface area contributed by atoms with E-state index in [1.807, 2.05) is 0 Å². The molecular weight excluding hydrogens is 266 g/mol. The van der Waals surface area contributed by atoms with Crippen molar-refractivity contribution < 1.29 is 19.6 Å². The van der Waals surface area contributed by atoms with Crippen LogP contribution in [0.25, 0.3) is 0 Å². The summed E-state index contributed by atoms with van der Waals surface area (Å²) in [7, 11) is 2.86. The van der Waals surface area contributed by atoms with E-state index < -0.39 is 22.6 Å². The van der Waals surface area contributed by atoms with Gasteiger partial charge in [0.25, 0.3) is 5.91 Å². The van der Waals surface area contributed by atoms with Gasteiger partial charge in [0.15, 0.2) is 0 Å². The Bertz CT molecular complexity index is 506. The first-order valence-corrected chi connectivity index (χ1v) is 5.83. The van der Waals surface area contributed by atoms with Gasteiger partial charge in [-0.15, -0.1) is 0 Å². The Hall–Kier alpha value is -2.19. The summed E-state index contributed by atoms with van der Waals surface area (Å²) in [5.41, 5.74) is 4.92. The van der Waals surface area contributed by atoms with E-state index in [0.717, 1.165) is 0 Å². The zero-order chi connectivity index (χ0) is 15.3.